The molecule has 1 aliphatic heterocycles. The minimum absolute atomic E-state index is 0.307. The van der Waals surface area contributed by atoms with Crippen LogP contribution in [0.25, 0.3) is 16.2 Å². The highest BCUT2D eigenvalue weighted by atomic mass is 32.1. The summed E-state index contributed by atoms with van der Waals surface area (Å²) in [4.78, 5) is 18.8. The van der Waals surface area contributed by atoms with Gasteiger partial charge in [-0.05, 0) is 19.8 Å². The van der Waals surface area contributed by atoms with Crippen molar-refractivity contribution >= 4 is 27.4 Å². The van der Waals surface area contributed by atoms with Gasteiger partial charge in [-0.15, -0.1) is 5.10 Å². The van der Waals surface area contributed by atoms with Gasteiger partial charge in [0.2, 0.25) is 10.1 Å². The van der Waals surface area contributed by atoms with Gasteiger partial charge >= 0.3 is 5.97 Å². The molecule has 7 heteroatoms. The Bertz CT molecular complexity index is 852. The number of carboxylic acid groups (broad SMARTS) is 1. The molecule has 3 heterocycles. The van der Waals surface area contributed by atoms with Gasteiger partial charge in [0.25, 0.3) is 0 Å². The molecule has 1 aliphatic rings. The third-order valence-corrected chi connectivity index (χ3v) is 5.40. The Morgan fingerprint density at radius 1 is 1.33 bits per heavy atom. The Labute approximate surface area is 143 Å². The number of aliphatic carboxylic acids is 1. The summed E-state index contributed by atoms with van der Waals surface area (Å²) >= 11 is 1.51. The monoisotopic (exact) mass is 342 g/mol. The van der Waals surface area contributed by atoms with Crippen LogP contribution in [0.15, 0.2) is 30.5 Å². The molecule has 0 aliphatic carbocycles. The Balaban J connectivity index is 1.59. The van der Waals surface area contributed by atoms with Crippen LogP contribution in [0.2, 0.25) is 0 Å². The maximum Gasteiger partial charge on any atom is 0.308 e. The average Bonchev–Trinajstić information content (AvgIpc) is 3.14. The summed E-state index contributed by atoms with van der Waals surface area (Å²) in [5.74, 6) is -1.03. The van der Waals surface area contributed by atoms with Gasteiger partial charge < -0.3 is 10.0 Å². The topological polar surface area (TPSA) is 70.7 Å². The lowest BCUT2D eigenvalue weighted by Crippen LogP contribution is -2.38. The number of benzene rings is 1. The third-order valence-electron chi connectivity index (χ3n) is 4.42. The molecule has 1 N–H and O–H groups in total. The number of hydrogen-bond acceptors (Lipinski definition) is 5. The van der Waals surface area contributed by atoms with Crippen LogP contribution in [0.4, 0.5) is 5.13 Å². The SMILES string of the molecule is Cc1ccc(-c2cn3nc(N4CCC[C@@H](C(=O)O)C4)sc3n2)cc1. The molecule has 0 bridgehead atoms. The highest BCUT2D eigenvalue weighted by Gasteiger charge is 2.27. The highest BCUT2D eigenvalue weighted by molar-refractivity contribution is 7.20. The van der Waals surface area contributed by atoms with Crippen LogP contribution < -0.4 is 4.90 Å². The minimum atomic E-state index is -0.720. The Morgan fingerprint density at radius 2 is 2.12 bits per heavy atom. The maximum atomic E-state index is 11.2. The molecule has 6 nitrogen and oxygen atoms in total. The van der Waals surface area contributed by atoms with Gasteiger partial charge in [-0.1, -0.05) is 41.2 Å². The number of nitrogens with zero attached hydrogens (tertiary/aromatic N) is 4. The van der Waals surface area contributed by atoms with Gasteiger partial charge in [-0.25, -0.2) is 9.50 Å². The molecular weight excluding hydrogens is 324 g/mol. The predicted octanol–water partition coefficient (Wildman–Crippen LogP) is 3.07. The number of aryl methyl sites for hydroxylation is 1. The Morgan fingerprint density at radius 3 is 2.83 bits per heavy atom. The number of imidazole rings is 1. The van der Waals surface area contributed by atoms with Crippen molar-refractivity contribution in [1.82, 2.24) is 14.6 Å². The van der Waals surface area contributed by atoms with Gasteiger partial charge in [-0.3, -0.25) is 4.79 Å². The summed E-state index contributed by atoms with van der Waals surface area (Å²) in [7, 11) is 0. The number of rotatable bonds is 3. The van der Waals surface area contributed by atoms with Crippen LogP contribution in [-0.2, 0) is 4.79 Å². The molecule has 3 aromatic rings. The van der Waals surface area contributed by atoms with E-state index in [0.717, 1.165) is 40.7 Å². The molecule has 1 saturated heterocycles. The maximum absolute atomic E-state index is 11.2. The number of carbonyl (C=O) groups is 1. The van der Waals surface area contributed by atoms with Gasteiger partial charge in [0.05, 0.1) is 17.8 Å². The molecule has 0 radical (unpaired) electrons. The molecule has 1 aromatic carbocycles. The van der Waals surface area contributed by atoms with Crippen molar-refractivity contribution in [2.75, 3.05) is 18.0 Å². The largest absolute Gasteiger partial charge is 0.481 e. The second kappa shape index (κ2) is 5.90. The fraction of sp³-hybridized carbons (Fsp3) is 0.353. The Hall–Kier alpha value is -2.41. The molecule has 0 spiro atoms. The molecule has 2 aromatic heterocycles. The van der Waals surface area contributed by atoms with Crippen molar-refractivity contribution in [2.24, 2.45) is 5.92 Å². The molecule has 1 atom stereocenters. The first kappa shape index (κ1) is 15.1. The lowest BCUT2D eigenvalue weighted by Gasteiger charge is -2.29. The minimum Gasteiger partial charge on any atom is -0.481 e. The zero-order valence-corrected chi connectivity index (χ0v) is 14.2. The van der Waals surface area contributed by atoms with E-state index < -0.39 is 5.97 Å². The van der Waals surface area contributed by atoms with Gasteiger partial charge in [0.15, 0.2) is 0 Å². The van der Waals surface area contributed by atoms with Gasteiger partial charge in [-0.2, -0.15) is 0 Å². The smallest absolute Gasteiger partial charge is 0.308 e. The first-order valence-electron chi connectivity index (χ1n) is 8.01. The summed E-state index contributed by atoms with van der Waals surface area (Å²) < 4.78 is 1.79. The fourth-order valence-corrected chi connectivity index (χ4v) is 3.95. The zero-order chi connectivity index (χ0) is 16.7. The van der Waals surface area contributed by atoms with E-state index >= 15 is 0 Å². The summed E-state index contributed by atoms with van der Waals surface area (Å²) in [5.41, 5.74) is 3.20. The molecular formula is C17H18N4O2S. The number of hydrogen-bond donors (Lipinski definition) is 1. The van der Waals surface area contributed by atoms with Crippen molar-refractivity contribution in [3.05, 3.63) is 36.0 Å². The van der Waals surface area contributed by atoms with Crippen molar-refractivity contribution in [1.29, 1.82) is 0 Å². The van der Waals surface area contributed by atoms with Crippen molar-refractivity contribution in [3.8, 4) is 11.3 Å². The molecule has 0 unspecified atom stereocenters. The van der Waals surface area contributed by atoms with E-state index in [4.69, 9.17) is 0 Å². The number of fused-ring (bicyclic) bond motifs is 1. The van der Waals surface area contributed by atoms with E-state index in [1.807, 2.05) is 6.20 Å². The predicted molar refractivity (Wildman–Crippen MR) is 93.6 cm³/mol. The number of carboxylic acids is 1. The average molecular weight is 342 g/mol. The molecule has 0 amide bonds. The van der Waals surface area contributed by atoms with Crippen LogP contribution in [0.5, 0.6) is 0 Å². The van der Waals surface area contributed by atoms with E-state index in [0.29, 0.717) is 6.54 Å². The quantitative estimate of drug-likeness (QED) is 0.792. The van der Waals surface area contributed by atoms with Crippen molar-refractivity contribution in [2.45, 2.75) is 19.8 Å². The van der Waals surface area contributed by atoms with Gasteiger partial charge in [0, 0.05) is 18.7 Å². The highest BCUT2D eigenvalue weighted by Crippen LogP contribution is 2.29. The van der Waals surface area contributed by atoms with E-state index in [-0.39, 0.29) is 5.92 Å². The molecule has 4 rings (SSSR count). The van der Waals surface area contributed by atoms with E-state index in [9.17, 15) is 9.90 Å². The molecule has 124 valence electrons. The van der Waals surface area contributed by atoms with Crippen LogP contribution in [-0.4, -0.2) is 38.8 Å². The molecule has 24 heavy (non-hydrogen) atoms. The number of aromatic nitrogens is 3. The second-order valence-electron chi connectivity index (χ2n) is 6.23. The van der Waals surface area contributed by atoms with E-state index in [1.165, 1.54) is 16.9 Å². The molecule has 1 fully saturated rings. The van der Waals surface area contributed by atoms with E-state index in [2.05, 4.69) is 46.2 Å². The molecule has 0 saturated carbocycles. The third kappa shape index (κ3) is 2.75. The summed E-state index contributed by atoms with van der Waals surface area (Å²) in [5, 5.41) is 14.7. The van der Waals surface area contributed by atoms with E-state index in [1.54, 1.807) is 4.52 Å². The lowest BCUT2D eigenvalue weighted by atomic mass is 9.99. The van der Waals surface area contributed by atoms with Crippen LogP contribution >= 0.6 is 11.3 Å². The van der Waals surface area contributed by atoms with Gasteiger partial charge in [0.1, 0.15) is 0 Å². The number of anilines is 1. The summed E-state index contributed by atoms with van der Waals surface area (Å²) in [6, 6.07) is 8.26. The first-order chi connectivity index (χ1) is 11.6. The fourth-order valence-electron chi connectivity index (χ4n) is 3.03. The summed E-state index contributed by atoms with van der Waals surface area (Å²) in [6.07, 6.45) is 3.55. The second-order valence-corrected chi connectivity index (χ2v) is 7.16. The number of piperidine rings is 1. The standard InChI is InChI=1S/C17H18N4O2S/c1-11-4-6-12(7-5-11)14-10-21-16(18-14)24-17(19-21)20-8-2-3-13(9-20)15(22)23/h4-7,10,13H,2-3,8-9H2,1H3,(H,22,23)/t13-/m1/s1. The first-order valence-corrected chi connectivity index (χ1v) is 8.83. The summed E-state index contributed by atoms with van der Waals surface area (Å²) in [6.45, 7) is 3.44. The van der Waals surface area contributed by atoms with Crippen LogP contribution in [0, 0.1) is 12.8 Å². The Kier molecular flexibility index (Phi) is 3.72. The van der Waals surface area contributed by atoms with Crippen molar-refractivity contribution in [3.63, 3.8) is 0 Å². The lowest BCUT2D eigenvalue weighted by molar-refractivity contribution is -0.141. The van der Waals surface area contributed by atoms with Crippen molar-refractivity contribution < 1.29 is 9.90 Å². The van der Waals surface area contributed by atoms with Crippen LogP contribution in [0.1, 0.15) is 18.4 Å². The van der Waals surface area contributed by atoms with Crippen LogP contribution in [0.3, 0.4) is 0 Å². The normalized spacial score (nSPS) is 18.2. The zero-order valence-electron chi connectivity index (χ0n) is 13.3.